The average Bonchev–Trinajstić information content (AvgIpc) is 2.70. The molecular weight excluding hydrogens is 390 g/mol. The fourth-order valence-electron chi connectivity index (χ4n) is 2.09. The third-order valence-electron chi connectivity index (χ3n) is 3.37. The summed E-state index contributed by atoms with van der Waals surface area (Å²) in [5.41, 5.74) is 0. The van der Waals surface area contributed by atoms with Gasteiger partial charge < -0.3 is 9.05 Å². The summed E-state index contributed by atoms with van der Waals surface area (Å²) in [5.74, 6) is -13.0. The fraction of sp³-hybridized carbons (Fsp3) is 0. The second-order valence-electron chi connectivity index (χ2n) is 5.15. The van der Waals surface area contributed by atoms with Gasteiger partial charge in [0.25, 0.3) is 0 Å². The van der Waals surface area contributed by atoms with Gasteiger partial charge in [0.2, 0.25) is 34.8 Å². The van der Waals surface area contributed by atoms with E-state index < -0.39 is 42.4 Å². The normalized spacial score (nSPS) is 13.1. The van der Waals surface area contributed by atoms with Crippen LogP contribution in [0.1, 0.15) is 0 Å². The first kappa shape index (κ1) is 18.9. The second-order valence-corrected chi connectivity index (χ2v) is 7.03. The fourth-order valence-corrected chi connectivity index (χ4v) is 3.65. The van der Waals surface area contributed by atoms with Crippen LogP contribution in [-0.4, -0.2) is 0 Å². The van der Waals surface area contributed by atoms with Crippen LogP contribution in [0.5, 0.6) is 11.5 Å². The molecule has 0 amide bonds. The molecule has 0 bridgehead atoms. The van der Waals surface area contributed by atoms with Gasteiger partial charge >= 0.3 is 7.60 Å². The van der Waals surface area contributed by atoms with Gasteiger partial charge in [-0.05, 0) is 30.3 Å². The molecule has 0 saturated heterocycles. The van der Waals surface area contributed by atoms with E-state index in [1.807, 2.05) is 0 Å². The standard InChI is InChI=1S/C18H9F5O3P/c19-13-14(20)16(22)18(17(23)15(13)21)26-27(24,12-9-5-2-6-10-12)25-11-7-3-1-4-8-11/h1,3-10H/t27-/m0/s1. The van der Waals surface area contributed by atoms with Gasteiger partial charge in [-0.3, -0.25) is 0 Å². The maximum absolute atomic E-state index is 14.0. The molecule has 9 heteroatoms. The molecule has 1 radical (unpaired) electrons. The summed E-state index contributed by atoms with van der Waals surface area (Å²) in [6.07, 6.45) is 0. The molecule has 0 aliphatic heterocycles. The lowest BCUT2D eigenvalue weighted by Crippen LogP contribution is -2.16. The van der Waals surface area contributed by atoms with Gasteiger partial charge in [-0.2, -0.15) is 8.78 Å². The van der Waals surface area contributed by atoms with Crippen LogP contribution in [0.25, 0.3) is 0 Å². The predicted octanol–water partition coefficient (Wildman–Crippen LogP) is 5.16. The van der Waals surface area contributed by atoms with E-state index in [1.54, 1.807) is 6.07 Å². The Morgan fingerprint density at radius 3 is 1.78 bits per heavy atom. The number of rotatable bonds is 5. The molecule has 0 fully saturated rings. The maximum atomic E-state index is 14.0. The molecule has 27 heavy (non-hydrogen) atoms. The highest BCUT2D eigenvalue weighted by atomic mass is 31.2. The third-order valence-corrected chi connectivity index (χ3v) is 5.17. The van der Waals surface area contributed by atoms with Crippen molar-refractivity contribution >= 4 is 12.9 Å². The Morgan fingerprint density at radius 2 is 1.22 bits per heavy atom. The van der Waals surface area contributed by atoms with Crippen molar-refractivity contribution < 1.29 is 35.6 Å². The lowest BCUT2D eigenvalue weighted by Gasteiger charge is -2.21. The molecule has 1 atom stereocenters. The zero-order chi connectivity index (χ0) is 19.6. The van der Waals surface area contributed by atoms with Crippen LogP contribution in [0.3, 0.4) is 0 Å². The van der Waals surface area contributed by atoms with E-state index in [1.165, 1.54) is 48.5 Å². The van der Waals surface area contributed by atoms with Gasteiger partial charge in [0, 0.05) is 0 Å². The molecule has 3 aromatic carbocycles. The van der Waals surface area contributed by atoms with Crippen molar-refractivity contribution in [3.05, 3.63) is 89.7 Å². The molecule has 0 aromatic heterocycles. The Morgan fingerprint density at radius 1 is 0.704 bits per heavy atom. The van der Waals surface area contributed by atoms with Gasteiger partial charge in [-0.1, -0.05) is 30.3 Å². The van der Waals surface area contributed by atoms with Gasteiger partial charge in [-0.25, -0.2) is 17.7 Å². The minimum absolute atomic E-state index is 0.00228. The van der Waals surface area contributed by atoms with Gasteiger partial charge in [-0.15, -0.1) is 0 Å². The first-order chi connectivity index (χ1) is 12.8. The monoisotopic (exact) mass is 399 g/mol. The second kappa shape index (κ2) is 7.40. The summed E-state index contributed by atoms with van der Waals surface area (Å²) in [4.78, 5) is 0. The Bertz CT molecular complexity index is 984. The Hall–Kier alpha value is -2.86. The molecule has 0 heterocycles. The van der Waals surface area contributed by atoms with Crippen molar-refractivity contribution in [1.82, 2.24) is 0 Å². The van der Waals surface area contributed by atoms with E-state index >= 15 is 0 Å². The average molecular weight is 399 g/mol. The minimum Gasteiger partial charge on any atom is -0.413 e. The number of benzene rings is 3. The van der Waals surface area contributed by atoms with E-state index in [0.717, 1.165) is 0 Å². The lowest BCUT2D eigenvalue weighted by atomic mass is 10.3. The van der Waals surface area contributed by atoms with Crippen LogP contribution in [0, 0.1) is 35.2 Å². The van der Waals surface area contributed by atoms with Crippen LogP contribution in [0.4, 0.5) is 22.0 Å². The number of halogens is 5. The van der Waals surface area contributed by atoms with E-state index in [-0.39, 0.29) is 11.1 Å². The topological polar surface area (TPSA) is 35.5 Å². The quantitative estimate of drug-likeness (QED) is 0.257. The number of hydrogen-bond acceptors (Lipinski definition) is 3. The first-order valence-corrected chi connectivity index (χ1v) is 8.90. The molecule has 0 spiro atoms. The van der Waals surface area contributed by atoms with Gasteiger partial charge in [0.1, 0.15) is 5.75 Å². The molecule has 0 aliphatic rings. The SMILES string of the molecule is O=[P@@](Oc1ccccc1)(Oc1c(F)c(F)c(F)c(F)c1F)c1cc[c]cc1. The smallest absolute Gasteiger partial charge is 0.413 e. The lowest BCUT2D eigenvalue weighted by molar-refractivity contribution is 0.330. The van der Waals surface area contributed by atoms with Crippen molar-refractivity contribution in [2.45, 2.75) is 0 Å². The molecule has 3 nitrogen and oxygen atoms in total. The van der Waals surface area contributed by atoms with Crippen LogP contribution < -0.4 is 14.4 Å². The van der Waals surface area contributed by atoms with Crippen LogP contribution in [0.15, 0.2) is 54.6 Å². The summed E-state index contributed by atoms with van der Waals surface area (Å²) in [7, 11) is -4.58. The number of para-hydroxylation sites is 1. The van der Waals surface area contributed by atoms with E-state index in [4.69, 9.17) is 9.05 Å². The Labute approximate surface area is 150 Å². The molecule has 0 aliphatic carbocycles. The molecule has 3 aromatic rings. The van der Waals surface area contributed by atoms with E-state index in [2.05, 4.69) is 6.07 Å². The Kier molecular flexibility index (Phi) is 5.19. The zero-order valence-corrected chi connectivity index (χ0v) is 14.2. The van der Waals surface area contributed by atoms with Crippen molar-refractivity contribution in [3.63, 3.8) is 0 Å². The summed E-state index contributed by atoms with van der Waals surface area (Å²) in [6, 6.07) is 15.1. The predicted molar refractivity (Wildman–Crippen MR) is 86.4 cm³/mol. The van der Waals surface area contributed by atoms with Crippen LogP contribution in [-0.2, 0) is 4.57 Å². The molecular formula is C18H9F5O3P. The van der Waals surface area contributed by atoms with Gasteiger partial charge in [0.05, 0.1) is 5.30 Å². The highest BCUT2D eigenvalue weighted by Crippen LogP contribution is 2.49. The summed E-state index contributed by atoms with van der Waals surface area (Å²) in [5, 5.41) is -0.172. The largest absolute Gasteiger partial charge is 0.463 e. The Balaban J connectivity index is 2.12. The highest BCUT2D eigenvalue weighted by molar-refractivity contribution is 7.63. The van der Waals surface area contributed by atoms with Crippen LogP contribution in [0.2, 0.25) is 0 Å². The summed E-state index contributed by atoms with van der Waals surface area (Å²) >= 11 is 0. The van der Waals surface area contributed by atoms with Crippen LogP contribution >= 0.6 is 7.60 Å². The molecule has 139 valence electrons. The highest BCUT2D eigenvalue weighted by Gasteiger charge is 2.36. The number of hydrogen-bond donors (Lipinski definition) is 0. The van der Waals surface area contributed by atoms with Crippen molar-refractivity contribution in [2.24, 2.45) is 0 Å². The molecule has 0 unspecified atom stereocenters. The first-order valence-electron chi connectivity index (χ1n) is 7.36. The minimum atomic E-state index is -4.58. The van der Waals surface area contributed by atoms with Gasteiger partial charge in [0.15, 0.2) is 0 Å². The molecule has 0 saturated carbocycles. The molecule has 3 rings (SSSR count). The summed E-state index contributed by atoms with van der Waals surface area (Å²) in [6.45, 7) is 0. The van der Waals surface area contributed by atoms with Crippen molar-refractivity contribution in [3.8, 4) is 11.5 Å². The van der Waals surface area contributed by atoms with Crippen molar-refractivity contribution in [2.75, 3.05) is 0 Å². The van der Waals surface area contributed by atoms with E-state index in [9.17, 15) is 26.5 Å². The molecule has 0 N–H and O–H groups in total. The van der Waals surface area contributed by atoms with Crippen molar-refractivity contribution in [1.29, 1.82) is 0 Å². The third kappa shape index (κ3) is 3.66. The maximum Gasteiger partial charge on any atom is 0.463 e. The summed E-state index contributed by atoms with van der Waals surface area (Å²) < 4.78 is 91.3. The zero-order valence-electron chi connectivity index (χ0n) is 13.3. The van der Waals surface area contributed by atoms with E-state index in [0.29, 0.717) is 0 Å².